The maximum Gasteiger partial charge on any atom is 0.344 e. The van der Waals surface area contributed by atoms with Gasteiger partial charge in [-0.25, -0.2) is 4.79 Å². The smallest absolute Gasteiger partial charge is 0.344 e. The molecule has 2 aromatic rings. The van der Waals surface area contributed by atoms with Gasteiger partial charge in [-0.05, 0) is 43.7 Å². The van der Waals surface area contributed by atoms with Gasteiger partial charge in [0.1, 0.15) is 5.75 Å². The Balaban J connectivity index is 1.77. The Morgan fingerprint density at radius 1 is 1.12 bits per heavy atom. The Bertz CT molecular complexity index is 824. The average molecular weight is 338 g/mol. The van der Waals surface area contributed by atoms with Crippen LogP contribution >= 0.6 is 0 Å². The van der Waals surface area contributed by atoms with E-state index >= 15 is 0 Å². The number of nitrogens with one attached hydrogen (secondary N) is 1. The molecule has 0 aromatic heterocycles. The summed E-state index contributed by atoms with van der Waals surface area (Å²) in [6, 6.07) is 14.0. The Hall–Kier alpha value is -3.33. The largest absolute Gasteiger partial charge is 0.482 e. The van der Waals surface area contributed by atoms with E-state index in [1.54, 1.807) is 24.3 Å². The molecule has 0 atom stereocenters. The Kier molecular flexibility index (Phi) is 6.13. The number of nitrogens with zero attached hydrogens (tertiary/aromatic N) is 1. The van der Waals surface area contributed by atoms with E-state index in [1.165, 1.54) is 6.07 Å². The molecule has 2 aromatic carbocycles. The van der Waals surface area contributed by atoms with Gasteiger partial charge in [-0.3, -0.25) is 4.79 Å². The van der Waals surface area contributed by atoms with Crippen LogP contribution in [0.4, 0.5) is 5.69 Å². The molecule has 0 unspecified atom stereocenters. The molecule has 1 N–H and O–H groups in total. The predicted octanol–water partition coefficient (Wildman–Crippen LogP) is 2.74. The second-order valence-corrected chi connectivity index (χ2v) is 5.46. The SMILES string of the molecule is Cc1ccc(OCC(=O)OCC(=O)Nc2cccc(C#N)c2)c(C)c1. The van der Waals surface area contributed by atoms with E-state index in [0.717, 1.165) is 11.1 Å². The van der Waals surface area contributed by atoms with Crippen molar-refractivity contribution in [3.05, 3.63) is 59.2 Å². The lowest BCUT2D eigenvalue weighted by Crippen LogP contribution is -2.23. The van der Waals surface area contributed by atoms with Crippen LogP contribution in [-0.2, 0) is 14.3 Å². The molecule has 6 heteroatoms. The summed E-state index contributed by atoms with van der Waals surface area (Å²) in [4.78, 5) is 23.5. The van der Waals surface area contributed by atoms with Crippen LogP contribution < -0.4 is 10.1 Å². The monoisotopic (exact) mass is 338 g/mol. The van der Waals surface area contributed by atoms with E-state index in [2.05, 4.69) is 5.32 Å². The maximum absolute atomic E-state index is 11.8. The predicted molar refractivity (Wildman–Crippen MR) is 92.2 cm³/mol. The minimum absolute atomic E-state index is 0.277. The van der Waals surface area contributed by atoms with Gasteiger partial charge in [0, 0.05) is 5.69 Å². The highest BCUT2D eigenvalue weighted by atomic mass is 16.6. The quantitative estimate of drug-likeness (QED) is 0.818. The zero-order valence-corrected chi connectivity index (χ0v) is 14.0. The van der Waals surface area contributed by atoms with Crippen molar-refractivity contribution >= 4 is 17.6 Å². The van der Waals surface area contributed by atoms with Crippen LogP contribution in [0.3, 0.4) is 0 Å². The number of amides is 1. The van der Waals surface area contributed by atoms with E-state index in [-0.39, 0.29) is 6.61 Å². The summed E-state index contributed by atoms with van der Waals surface area (Å²) in [5, 5.41) is 11.4. The van der Waals surface area contributed by atoms with Crippen LogP contribution in [0.1, 0.15) is 16.7 Å². The summed E-state index contributed by atoms with van der Waals surface area (Å²) >= 11 is 0. The molecule has 6 nitrogen and oxygen atoms in total. The standard InChI is InChI=1S/C19H18N2O4/c1-13-6-7-17(14(2)8-13)24-12-19(23)25-11-18(22)21-16-5-3-4-15(9-16)10-20/h3-9H,11-12H2,1-2H3,(H,21,22). The molecule has 0 radical (unpaired) electrons. The number of benzene rings is 2. The van der Waals surface area contributed by atoms with Gasteiger partial charge >= 0.3 is 5.97 Å². The molecule has 0 aliphatic rings. The molecule has 0 heterocycles. The topological polar surface area (TPSA) is 88.4 Å². The van der Waals surface area contributed by atoms with Crippen molar-refractivity contribution in [2.45, 2.75) is 13.8 Å². The Morgan fingerprint density at radius 3 is 2.64 bits per heavy atom. The molecule has 0 spiro atoms. The molecule has 0 bridgehead atoms. The first-order valence-corrected chi connectivity index (χ1v) is 7.63. The van der Waals surface area contributed by atoms with E-state index < -0.39 is 18.5 Å². The molecule has 2 rings (SSSR count). The third-order valence-corrected chi connectivity index (χ3v) is 3.32. The van der Waals surface area contributed by atoms with Crippen LogP contribution in [0, 0.1) is 25.2 Å². The number of esters is 1. The molecular weight excluding hydrogens is 320 g/mol. The summed E-state index contributed by atoms with van der Waals surface area (Å²) in [6.07, 6.45) is 0. The molecular formula is C19H18N2O4. The minimum atomic E-state index is -0.638. The molecule has 0 fully saturated rings. The number of rotatable bonds is 6. The van der Waals surface area contributed by atoms with Crippen LogP contribution in [0.2, 0.25) is 0 Å². The highest BCUT2D eigenvalue weighted by Gasteiger charge is 2.10. The molecule has 0 saturated heterocycles. The van der Waals surface area contributed by atoms with Crippen LogP contribution in [-0.4, -0.2) is 25.1 Å². The number of ether oxygens (including phenoxy) is 2. The molecule has 0 saturated carbocycles. The average Bonchev–Trinajstić information content (AvgIpc) is 2.59. The second-order valence-electron chi connectivity index (χ2n) is 5.46. The lowest BCUT2D eigenvalue weighted by atomic mass is 10.1. The molecule has 1 amide bonds. The summed E-state index contributed by atoms with van der Waals surface area (Å²) in [7, 11) is 0. The van der Waals surface area contributed by atoms with Gasteiger partial charge in [0.15, 0.2) is 13.2 Å². The van der Waals surface area contributed by atoms with E-state index in [1.807, 2.05) is 32.0 Å². The van der Waals surface area contributed by atoms with Gasteiger partial charge in [-0.2, -0.15) is 5.26 Å². The zero-order valence-electron chi connectivity index (χ0n) is 14.0. The summed E-state index contributed by atoms with van der Waals surface area (Å²) < 4.78 is 10.3. The Morgan fingerprint density at radius 2 is 1.92 bits per heavy atom. The van der Waals surface area contributed by atoms with Crippen molar-refractivity contribution < 1.29 is 19.1 Å². The minimum Gasteiger partial charge on any atom is -0.482 e. The van der Waals surface area contributed by atoms with Crippen molar-refractivity contribution in [2.75, 3.05) is 18.5 Å². The van der Waals surface area contributed by atoms with Crippen molar-refractivity contribution in [3.63, 3.8) is 0 Å². The number of carbonyl (C=O) groups excluding carboxylic acids is 2. The Labute approximate surface area is 146 Å². The lowest BCUT2D eigenvalue weighted by Gasteiger charge is -2.10. The number of hydrogen-bond acceptors (Lipinski definition) is 5. The van der Waals surface area contributed by atoms with Crippen molar-refractivity contribution in [2.24, 2.45) is 0 Å². The summed E-state index contributed by atoms with van der Waals surface area (Å²) in [5.74, 6) is -0.531. The van der Waals surface area contributed by atoms with Gasteiger partial charge in [-0.1, -0.05) is 23.8 Å². The fraction of sp³-hybridized carbons (Fsp3) is 0.211. The van der Waals surface area contributed by atoms with Gasteiger partial charge in [0.25, 0.3) is 5.91 Å². The van der Waals surface area contributed by atoms with E-state index in [9.17, 15) is 9.59 Å². The lowest BCUT2D eigenvalue weighted by molar-refractivity contribution is -0.149. The van der Waals surface area contributed by atoms with Gasteiger partial charge in [0.05, 0.1) is 11.6 Å². The van der Waals surface area contributed by atoms with Gasteiger partial charge in [-0.15, -0.1) is 0 Å². The van der Waals surface area contributed by atoms with Crippen molar-refractivity contribution in [1.29, 1.82) is 5.26 Å². The van der Waals surface area contributed by atoms with Crippen LogP contribution in [0.25, 0.3) is 0 Å². The summed E-state index contributed by atoms with van der Waals surface area (Å²) in [6.45, 7) is 3.15. The number of carbonyl (C=O) groups is 2. The second kappa shape index (κ2) is 8.50. The van der Waals surface area contributed by atoms with Crippen LogP contribution in [0.5, 0.6) is 5.75 Å². The summed E-state index contributed by atoms with van der Waals surface area (Å²) in [5.41, 5.74) is 2.91. The number of aryl methyl sites for hydroxylation is 2. The molecule has 0 aliphatic heterocycles. The van der Waals surface area contributed by atoms with Gasteiger partial charge < -0.3 is 14.8 Å². The van der Waals surface area contributed by atoms with Crippen LogP contribution in [0.15, 0.2) is 42.5 Å². The fourth-order valence-corrected chi connectivity index (χ4v) is 2.15. The molecule has 128 valence electrons. The maximum atomic E-state index is 11.8. The molecule has 25 heavy (non-hydrogen) atoms. The van der Waals surface area contributed by atoms with Gasteiger partial charge in [0.2, 0.25) is 0 Å². The van der Waals surface area contributed by atoms with Crippen molar-refractivity contribution in [1.82, 2.24) is 0 Å². The first-order chi connectivity index (χ1) is 12.0. The normalized spacial score (nSPS) is 9.80. The highest BCUT2D eigenvalue weighted by Crippen LogP contribution is 2.18. The fourth-order valence-electron chi connectivity index (χ4n) is 2.15. The highest BCUT2D eigenvalue weighted by molar-refractivity contribution is 5.93. The number of anilines is 1. The third kappa shape index (κ3) is 5.66. The third-order valence-electron chi connectivity index (χ3n) is 3.32. The number of nitriles is 1. The molecule has 0 aliphatic carbocycles. The number of hydrogen-bond donors (Lipinski definition) is 1. The van der Waals surface area contributed by atoms with E-state index in [0.29, 0.717) is 17.0 Å². The van der Waals surface area contributed by atoms with Crippen molar-refractivity contribution in [3.8, 4) is 11.8 Å². The zero-order chi connectivity index (χ0) is 18.2. The first kappa shape index (κ1) is 18.0. The first-order valence-electron chi connectivity index (χ1n) is 7.63. The van der Waals surface area contributed by atoms with E-state index in [4.69, 9.17) is 14.7 Å².